The summed E-state index contributed by atoms with van der Waals surface area (Å²) in [5, 5.41) is 14.3. The average molecular weight is 326 g/mol. The number of fused-ring (bicyclic) bond motifs is 3. The van der Waals surface area contributed by atoms with Crippen molar-refractivity contribution < 1.29 is 4.92 Å². The summed E-state index contributed by atoms with van der Waals surface area (Å²) in [4.78, 5) is 12.9. The van der Waals surface area contributed by atoms with E-state index in [-0.39, 0.29) is 10.6 Å². The molecule has 3 aliphatic rings. The highest BCUT2D eigenvalue weighted by molar-refractivity contribution is 9.10. The van der Waals surface area contributed by atoms with Gasteiger partial charge < -0.3 is 10.2 Å². The third-order valence-corrected chi connectivity index (χ3v) is 4.79. The first-order chi connectivity index (χ1) is 9.13. The molecule has 0 aliphatic carbocycles. The number of nitro groups is 1. The predicted molar refractivity (Wildman–Crippen MR) is 77.4 cm³/mol. The fraction of sp³-hybridized carbons (Fsp3) is 0.538. The summed E-state index contributed by atoms with van der Waals surface area (Å²) < 4.78 is 0.531. The van der Waals surface area contributed by atoms with Crippen LogP contribution in [0.2, 0.25) is 0 Å². The van der Waals surface area contributed by atoms with Crippen molar-refractivity contribution in [2.75, 3.05) is 25.0 Å². The van der Waals surface area contributed by atoms with Crippen LogP contribution in [-0.2, 0) is 0 Å². The van der Waals surface area contributed by atoms with Gasteiger partial charge in [0.05, 0.1) is 9.40 Å². The second-order valence-electron chi connectivity index (χ2n) is 5.31. The van der Waals surface area contributed by atoms with Gasteiger partial charge in [-0.3, -0.25) is 10.1 Å². The predicted octanol–water partition coefficient (Wildman–Crippen LogP) is 2.86. The number of benzene rings is 1. The van der Waals surface area contributed by atoms with E-state index in [4.69, 9.17) is 0 Å². The van der Waals surface area contributed by atoms with Gasteiger partial charge in [0.25, 0.3) is 5.69 Å². The van der Waals surface area contributed by atoms with Crippen molar-refractivity contribution in [1.82, 2.24) is 4.90 Å². The Morgan fingerprint density at radius 1 is 1.37 bits per heavy atom. The summed E-state index contributed by atoms with van der Waals surface area (Å²) in [7, 11) is 0. The number of nitrogens with zero attached hydrogens (tertiary/aromatic N) is 2. The van der Waals surface area contributed by atoms with Crippen molar-refractivity contribution in [3.05, 3.63) is 32.8 Å². The average Bonchev–Trinajstić information content (AvgIpc) is 2.39. The smallest absolute Gasteiger partial charge is 0.283 e. The molecule has 3 saturated heterocycles. The standard InChI is InChI=1S/C13H16BrN3O2/c14-11-7-10(1-2-13(11)17(18)19)15-12-8-16-5-3-9(12)4-6-16/h1-2,7,9,12,15H,3-6,8H2. The van der Waals surface area contributed by atoms with Gasteiger partial charge in [0.1, 0.15) is 0 Å². The second kappa shape index (κ2) is 5.09. The van der Waals surface area contributed by atoms with Crippen LogP contribution in [0.25, 0.3) is 0 Å². The molecule has 3 heterocycles. The highest BCUT2D eigenvalue weighted by Crippen LogP contribution is 2.32. The van der Waals surface area contributed by atoms with Gasteiger partial charge in [-0.25, -0.2) is 0 Å². The molecule has 1 aromatic rings. The van der Waals surface area contributed by atoms with Gasteiger partial charge in [0, 0.05) is 24.3 Å². The molecule has 2 bridgehead atoms. The molecule has 1 atom stereocenters. The number of hydrogen-bond donors (Lipinski definition) is 1. The van der Waals surface area contributed by atoms with E-state index in [1.54, 1.807) is 18.2 Å². The van der Waals surface area contributed by atoms with Crippen LogP contribution >= 0.6 is 15.9 Å². The van der Waals surface area contributed by atoms with Crippen molar-refractivity contribution in [1.29, 1.82) is 0 Å². The van der Waals surface area contributed by atoms with E-state index in [0.29, 0.717) is 10.5 Å². The van der Waals surface area contributed by atoms with E-state index in [1.165, 1.54) is 25.9 Å². The molecule has 0 aromatic heterocycles. The van der Waals surface area contributed by atoms with E-state index in [1.807, 2.05) is 0 Å². The van der Waals surface area contributed by atoms with Gasteiger partial charge in [-0.15, -0.1) is 0 Å². The first-order valence-corrected chi connectivity index (χ1v) is 7.35. The zero-order valence-corrected chi connectivity index (χ0v) is 12.1. The van der Waals surface area contributed by atoms with Gasteiger partial charge in [-0.2, -0.15) is 0 Å². The summed E-state index contributed by atoms with van der Waals surface area (Å²) >= 11 is 3.26. The lowest BCUT2D eigenvalue weighted by Crippen LogP contribution is -2.53. The summed E-state index contributed by atoms with van der Waals surface area (Å²) in [6, 6.07) is 5.61. The van der Waals surface area contributed by atoms with E-state index in [9.17, 15) is 10.1 Å². The third kappa shape index (κ3) is 2.60. The Morgan fingerprint density at radius 2 is 2.11 bits per heavy atom. The molecule has 3 aliphatic heterocycles. The molecule has 0 radical (unpaired) electrons. The molecule has 6 heteroatoms. The first-order valence-electron chi connectivity index (χ1n) is 6.56. The minimum absolute atomic E-state index is 0.111. The van der Waals surface area contributed by atoms with Gasteiger partial charge >= 0.3 is 0 Å². The van der Waals surface area contributed by atoms with Crippen LogP contribution in [0.5, 0.6) is 0 Å². The van der Waals surface area contributed by atoms with Crippen LogP contribution in [0.3, 0.4) is 0 Å². The van der Waals surface area contributed by atoms with E-state index < -0.39 is 0 Å². The zero-order valence-electron chi connectivity index (χ0n) is 10.5. The molecule has 19 heavy (non-hydrogen) atoms. The van der Waals surface area contributed by atoms with Crippen molar-refractivity contribution in [3.8, 4) is 0 Å². The van der Waals surface area contributed by atoms with Gasteiger partial charge in [0.15, 0.2) is 0 Å². The lowest BCUT2D eigenvalue weighted by Gasteiger charge is -2.45. The zero-order chi connectivity index (χ0) is 13.4. The number of halogens is 1. The Morgan fingerprint density at radius 3 is 2.63 bits per heavy atom. The van der Waals surface area contributed by atoms with Gasteiger partial charge in [0.2, 0.25) is 0 Å². The molecule has 5 nitrogen and oxygen atoms in total. The molecule has 3 fully saturated rings. The van der Waals surface area contributed by atoms with E-state index in [0.717, 1.165) is 18.2 Å². The normalized spacial score (nSPS) is 29.2. The largest absolute Gasteiger partial charge is 0.381 e. The molecule has 102 valence electrons. The lowest BCUT2D eigenvalue weighted by atomic mass is 9.84. The number of anilines is 1. The third-order valence-electron chi connectivity index (χ3n) is 4.15. The Kier molecular flexibility index (Phi) is 3.45. The maximum absolute atomic E-state index is 10.8. The molecule has 0 spiro atoms. The number of piperidine rings is 3. The first kappa shape index (κ1) is 12.9. The number of rotatable bonds is 3. The molecule has 0 amide bonds. The van der Waals surface area contributed by atoms with Crippen LogP contribution < -0.4 is 5.32 Å². The van der Waals surface area contributed by atoms with Crippen LogP contribution in [0, 0.1) is 16.0 Å². The molecular weight excluding hydrogens is 310 g/mol. The van der Waals surface area contributed by atoms with E-state index >= 15 is 0 Å². The Bertz CT molecular complexity index is 501. The van der Waals surface area contributed by atoms with Crippen molar-refractivity contribution in [3.63, 3.8) is 0 Å². The Hall–Kier alpha value is -1.14. The molecule has 1 unspecified atom stereocenters. The SMILES string of the molecule is O=[N+]([O-])c1ccc(NC2CN3CCC2CC3)cc1Br. The van der Waals surface area contributed by atoms with E-state index in [2.05, 4.69) is 26.1 Å². The monoisotopic (exact) mass is 325 g/mol. The number of nitro benzene ring substituents is 1. The van der Waals surface area contributed by atoms with Crippen LogP contribution in [0.4, 0.5) is 11.4 Å². The van der Waals surface area contributed by atoms with Crippen molar-refractivity contribution in [2.24, 2.45) is 5.92 Å². The summed E-state index contributed by atoms with van der Waals surface area (Å²) in [6.07, 6.45) is 2.51. The highest BCUT2D eigenvalue weighted by Gasteiger charge is 2.33. The minimum Gasteiger partial charge on any atom is -0.381 e. The highest BCUT2D eigenvalue weighted by atomic mass is 79.9. The maximum atomic E-state index is 10.8. The Labute approximate surface area is 120 Å². The molecule has 1 N–H and O–H groups in total. The Balaban J connectivity index is 1.73. The fourth-order valence-electron chi connectivity index (χ4n) is 3.09. The topological polar surface area (TPSA) is 58.4 Å². The molecule has 0 saturated carbocycles. The summed E-state index contributed by atoms with van der Waals surface area (Å²) in [5.74, 6) is 0.735. The molecular formula is C13H16BrN3O2. The van der Waals surface area contributed by atoms with Gasteiger partial charge in [-0.05, 0) is 59.9 Å². The van der Waals surface area contributed by atoms with Crippen molar-refractivity contribution >= 4 is 27.3 Å². The summed E-state index contributed by atoms with van der Waals surface area (Å²) in [5.41, 5.74) is 1.07. The minimum atomic E-state index is -0.373. The summed E-state index contributed by atoms with van der Waals surface area (Å²) in [6.45, 7) is 3.51. The quantitative estimate of drug-likeness (QED) is 0.685. The molecule has 1 aromatic carbocycles. The van der Waals surface area contributed by atoms with Crippen molar-refractivity contribution in [2.45, 2.75) is 18.9 Å². The number of nitrogens with one attached hydrogen (secondary N) is 1. The van der Waals surface area contributed by atoms with Crippen LogP contribution in [0.15, 0.2) is 22.7 Å². The van der Waals surface area contributed by atoms with Crippen LogP contribution in [0.1, 0.15) is 12.8 Å². The lowest BCUT2D eigenvalue weighted by molar-refractivity contribution is -0.385. The molecule has 4 rings (SSSR count). The van der Waals surface area contributed by atoms with Gasteiger partial charge in [-0.1, -0.05) is 0 Å². The number of hydrogen-bond acceptors (Lipinski definition) is 4. The second-order valence-corrected chi connectivity index (χ2v) is 6.17. The maximum Gasteiger partial charge on any atom is 0.283 e. The van der Waals surface area contributed by atoms with Crippen LogP contribution in [-0.4, -0.2) is 35.5 Å². The fourth-order valence-corrected chi connectivity index (χ4v) is 3.61.